The van der Waals surface area contributed by atoms with Gasteiger partial charge in [-0.15, -0.1) is 0 Å². The van der Waals surface area contributed by atoms with Crippen LogP contribution in [0, 0.1) is 6.92 Å². The number of alkyl halides is 3. The van der Waals surface area contributed by atoms with E-state index in [0.717, 1.165) is 49.1 Å². The predicted octanol–water partition coefficient (Wildman–Crippen LogP) is 8.15. The van der Waals surface area contributed by atoms with Crippen molar-refractivity contribution in [2.24, 2.45) is 0 Å². The van der Waals surface area contributed by atoms with Crippen molar-refractivity contribution in [2.45, 2.75) is 77.9 Å². The summed E-state index contributed by atoms with van der Waals surface area (Å²) < 4.78 is 42.6. The van der Waals surface area contributed by atoms with E-state index < -0.39 is 17.6 Å². The molecule has 6 heteroatoms. The van der Waals surface area contributed by atoms with Gasteiger partial charge in [0.1, 0.15) is 0 Å². The van der Waals surface area contributed by atoms with E-state index in [1.807, 2.05) is 59.0 Å². The van der Waals surface area contributed by atoms with Crippen LogP contribution < -0.4 is 5.32 Å². The number of hydrogen-bond donors (Lipinski definition) is 1. The third-order valence-corrected chi connectivity index (χ3v) is 7.09. The Morgan fingerprint density at radius 1 is 1.05 bits per heavy atom. The Kier molecular flexibility index (Phi) is 9.87. The molecule has 0 aliphatic carbocycles. The van der Waals surface area contributed by atoms with E-state index in [0.29, 0.717) is 16.7 Å². The summed E-state index contributed by atoms with van der Waals surface area (Å²) in [7, 11) is 1.98. The monoisotopic (exact) mass is 538 g/mol. The summed E-state index contributed by atoms with van der Waals surface area (Å²) in [6.07, 6.45) is 7.61. The second-order valence-electron chi connectivity index (χ2n) is 11.0. The summed E-state index contributed by atoms with van der Waals surface area (Å²) in [5.74, 6) is -1.93. The summed E-state index contributed by atoms with van der Waals surface area (Å²) >= 11 is 0. The number of carbonyl (C=O) groups is 1. The number of halogens is 3. The van der Waals surface area contributed by atoms with Gasteiger partial charge in [-0.05, 0) is 73.6 Å². The van der Waals surface area contributed by atoms with Crippen LogP contribution in [0.25, 0.3) is 6.08 Å². The van der Waals surface area contributed by atoms with Gasteiger partial charge in [0.25, 0.3) is 5.91 Å². The number of hydrogen-bond acceptors (Lipinski definition) is 2. The summed E-state index contributed by atoms with van der Waals surface area (Å²) in [5, 5.41) is 3.11. The summed E-state index contributed by atoms with van der Waals surface area (Å²) in [4.78, 5) is 15.2. The fourth-order valence-electron chi connectivity index (χ4n) is 5.20. The van der Waals surface area contributed by atoms with E-state index in [9.17, 15) is 18.0 Å². The molecule has 2 aromatic carbocycles. The van der Waals surface area contributed by atoms with Crippen LogP contribution in [0.5, 0.6) is 0 Å². The molecule has 1 N–H and O–H groups in total. The zero-order chi connectivity index (χ0) is 28.8. The highest BCUT2D eigenvalue weighted by Crippen LogP contribution is 2.37. The van der Waals surface area contributed by atoms with E-state index in [1.165, 1.54) is 12.2 Å². The van der Waals surface area contributed by atoms with Crippen LogP contribution in [0.15, 0.2) is 66.4 Å². The van der Waals surface area contributed by atoms with E-state index >= 15 is 0 Å². The Bertz CT molecular complexity index is 1230. The molecule has 1 aliphatic rings. The van der Waals surface area contributed by atoms with Gasteiger partial charge in [0.2, 0.25) is 0 Å². The van der Waals surface area contributed by atoms with Gasteiger partial charge >= 0.3 is 6.18 Å². The van der Waals surface area contributed by atoms with Gasteiger partial charge in [-0.2, -0.15) is 13.2 Å². The Morgan fingerprint density at radius 3 is 2.23 bits per heavy atom. The van der Waals surface area contributed by atoms with Gasteiger partial charge in [0.05, 0.1) is 11.5 Å². The number of nitrogens with one attached hydrogen (secondary N) is 1. The predicted molar refractivity (Wildman–Crippen MR) is 155 cm³/mol. The Labute approximate surface area is 231 Å². The molecule has 0 spiro atoms. The smallest absolute Gasteiger partial charge is 0.372 e. The van der Waals surface area contributed by atoms with Crippen molar-refractivity contribution in [3.05, 3.63) is 99.8 Å². The maximum atomic E-state index is 14.2. The average Bonchev–Trinajstić information content (AvgIpc) is 2.83. The minimum atomic E-state index is -4.42. The van der Waals surface area contributed by atoms with Gasteiger partial charge < -0.3 is 10.2 Å². The lowest BCUT2D eigenvalue weighted by Crippen LogP contribution is -2.49. The van der Waals surface area contributed by atoms with Crippen molar-refractivity contribution < 1.29 is 18.0 Å². The molecule has 0 saturated heterocycles. The van der Waals surface area contributed by atoms with Crippen LogP contribution >= 0.6 is 0 Å². The summed E-state index contributed by atoms with van der Waals surface area (Å²) in [6, 6.07) is 10.6. The van der Waals surface area contributed by atoms with Crippen molar-refractivity contribution in [2.75, 3.05) is 13.6 Å². The minimum absolute atomic E-state index is 0.221. The summed E-state index contributed by atoms with van der Waals surface area (Å²) in [5.41, 5.74) is 4.40. The third kappa shape index (κ3) is 7.87. The molecule has 1 heterocycles. The quantitative estimate of drug-likeness (QED) is 0.331. The van der Waals surface area contributed by atoms with Crippen molar-refractivity contribution in [3.63, 3.8) is 0 Å². The molecular formula is C33H41F3N2O. The molecule has 0 bridgehead atoms. The molecule has 2 aromatic rings. The molecule has 1 aliphatic heterocycles. The second kappa shape index (κ2) is 12.7. The van der Waals surface area contributed by atoms with Crippen molar-refractivity contribution in [3.8, 4) is 0 Å². The number of carbonyl (C=O) groups excluding carboxylic acids is 1. The number of amides is 1. The number of aryl methyl sites for hydroxylation is 3. The zero-order valence-corrected chi connectivity index (χ0v) is 24.0. The van der Waals surface area contributed by atoms with E-state index in [4.69, 9.17) is 0 Å². The molecule has 1 amide bonds. The van der Waals surface area contributed by atoms with Crippen LogP contribution in [-0.2, 0) is 12.8 Å². The topological polar surface area (TPSA) is 32.3 Å². The molecule has 0 saturated carbocycles. The normalized spacial score (nSPS) is 15.0. The van der Waals surface area contributed by atoms with Crippen LogP contribution in [0.2, 0.25) is 0 Å². The first kappa shape index (κ1) is 30.3. The highest BCUT2D eigenvalue weighted by molar-refractivity contribution is 5.96. The first-order chi connectivity index (χ1) is 18.4. The highest BCUT2D eigenvalue weighted by Gasteiger charge is 2.39. The van der Waals surface area contributed by atoms with Crippen molar-refractivity contribution >= 4 is 12.0 Å². The van der Waals surface area contributed by atoms with Crippen molar-refractivity contribution in [1.29, 1.82) is 0 Å². The fourth-order valence-corrected chi connectivity index (χ4v) is 5.20. The van der Waals surface area contributed by atoms with Gasteiger partial charge in [-0.25, -0.2) is 0 Å². The van der Waals surface area contributed by atoms with Crippen LogP contribution in [0.1, 0.15) is 84.6 Å². The largest absolute Gasteiger partial charge is 0.399 e. The highest BCUT2D eigenvalue weighted by atomic mass is 19.4. The van der Waals surface area contributed by atoms with Gasteiger partial charge in [0.15, 0.2) is 0 Å². The zero-order valence-electron chi connectivity index (χ0n) is 24.0. The molecule has 39 heavy (non-hydrogen) atoms. The lowest BCUT2D eigenvalue weighted by atomic mass is 9.91. The van der Waals surface area contributed by atoms with Gasteiger partial charge in [0, 0.05) is 24.9 Å². The molecule has 1 unspecified atom stereocenters. The molecule has 210 valence electrons. The standard InChI is InChI=1S/C33H41F3N2O/c1-7-11-25-20-26(12-8-2)22-27(21-25)29(33(34,35)36)17-15-24-14-16-28(23(3)19-24)31(39)37-32(4,5)30-13-9-10-18-38(30)6/h9-10,13-17,19-22,29H,7-8,11-12,18H2,1-6H3,(H,37,39)/b17-15+. The number of rotatable bonds is 10. The summed E-state index contributed by atoms with van der Waals surface area (Å²) in [6.45, 7) is 10.6. The number of nitrogens with zero attached hydrogens (tertiary/aromatic N) is 1. The Balaban J connectivity index is 1.85. The van der Waals surface area contributed by atoms with Crippen LogP contribution in [-0.4, -0.2) is 36.1 Å². The van der Waals surface area contributed by atoms with Gasteiger partial charge in [-0.1, -0.05) is 81.3 Å². The molecule has 3 nitrogen and oxygen atoms in total. The van der Waals surface area contributed by atoms with E-state index in [-0.39, 0.29) is 11.5 Å². The van der Waals surface area contributed by atoms with Gasteiger partial charge in [-0.3, -0.25) is 4.79 Å². The molecule has 0 fully saturated rings. The SMILES string of the molecule is CCCc1cc(CCC)cc(C(/C=C/c2ccc(C(=O)NC(C)(C)C3=CC=CCN3C)c(C)c2)C(F)(F)F)c1. The molecule has 3 rings (SSSR count). The average molecular weight is 539 g/mol. The molecular weight excluding hydrogens is 497 g/mol. The maximum Gasteiger partial charge on any atom is 0.399 e. The Hall–Kier alpha value is -3.28. The van der Waals surface area contributed by atoms with Crippen LogP contribution in [0.4, 0.5) is 13.2 Å². The molecule has 0 radical (unpaired) electrons. The number of likely N-dealkylation sites (N-methyl/N-ethyl adjacent to an activating group) is 1. The fraction of sp³-hybridized carbons (Fsp3) is 0.424. The lowest BCUT2D eigenvalue weighted by molar-refractivity contribution is -0.139. The number of allylic oxidation sites excluding steroid dienone is 3. The second-order valence-corrected chi connectivity index (χ2v) is 11.0. The van der Waals surface area contributed by atoms with Crippen LogP contribution in [0.3, 0.4) is 0 Å². The minimum Gasteiger partial charge on any atom is -0.372 e. The lowest BCUT2D eigenvalue weighted by Gasteiger charge is -2.36. The van der Waals surface area contributed by atoms with Crippen molar-refractivity contribution in [1.82, 2.24) is 10.2 Å². The van der Waals surface area contributed by atoms with E-state index in [1.54, 1.807) is 37.3 Å². The Morgan fingerprint density at radius 2 is 1.69 bits per heavy atom. The number of benzene rings is 2. The molecule has 1 atom stereocenters. The third-order valence-electron chi connectivity index (χ3n) is 7.09. The maximum absolute atomic E-state index is 14.2. The first-order valence-corrected chi connectivity index (χ1v) is 13.7. The first-order valence-electron chi connectivity index (χ1n) is 13.7. The van der Waals surface area contributed by atoms with E-state index in [2.05, 4.69) is 10.2 Å². The molecule has 0 aromatic heterocycles.